The van der Waals surface area contributed by atoms with Crippen molar-refractivity contribution in [2.24, 2.45) is 0 Å². The van der Waals surface area contributed by atoms with Crippen molar-refractivity contribution >= 4 is 21.8 Å². The second-order valence-corrected chi connectivity index (χ2v) is 8.58. The van der Waals surface area contributed by atoms with Gasteiger partial charge in [0.15, 0.2) is 0 Å². The van der Waals surface area contributed by atoms with Crippen LogP contribution in [0.4, 0.5) is 0 Å². The van der Waals surface area contributed by atoms with Crippen LogP contribution >= 0.6 is 0 Å². The van der Waals surface area contributed by atoms with E-state index in [2.05, 4.69) is 102 Å². The van der Waals surface area contributed by atoms with Gasteiger partial charge in [0.05, 0.1) is 11.0 Å². The van der Waals surface area contributed by atoms with Crippen LogP contribution in [0.1, 0.15) is 36.3 Å². The van der Waals surface area contributed by atoms with Gasteiger partial charge >= 0.3 is 0 Å². The van der Waals surface area contributed by atoms with Gasteiger partial charge in [-0.25, -0.2) is 0 Å². The Bertz CT molecular complexity index is 1330. The van der Waals surface area contributed by atoms with Gasteiger partial charge in [-0.15, -0.1) is 0 Å². The lowest BCUT2D eigenvalue weighted by Gasteiger charge is -2.28. The van der Waals surface area contributed by atoms with Crippen molar-refractivity contribution in [3.05, 3.63) is 102 Å². The predicted octanol–water partition coefficient (Wildman–Crippen LogP) is 8.03. The zero-order valence-corrected chi connectivity index (χ0v) is 17.3. The number of fused-ring (bicyclic) bond motifs is 3. The lowest BCUT2D eigenvalue weighted by Crippen LogP contribution is -2.10. The lowest BCUT2D eigenvalue weighted by atomic mass is 9.77. The zero-order valence-electron chi connectivity index (χ0n) is 17.3. The Morgan fingerprint density at radius 3 is 1.97 bits per heavy atom. The Balaban J connectivity index is 1.61. The van der Waals surface area contributed by atoms with Crippen LogP contribution in [-0.2, 0) is 0 Å². The molecule has 0 spiro atoms. The highest BCUT2D eigenvalue weighted by Gasteiger charge is 2.23. The quantitative estimate of drug-likeness (QED) is 0.295. The standard InChI is InChI=1S/C29H25N/c1-20-17-18-22(19-27(20)24-12-3-2-11-23(24)21-9-8-10-21)30-28-15-6-4-13-25(28)26-14-5-7-16-29(26)30/h2-7,11-19,21H,8-10H2,1H3. The molecule has 1 aliphatic carbocycles. The van der Waals surface area contributed by atoms with E-state index >= 15 is 0 Å². The molecule has 1 aliphatic rings. The maximum atomic E-state index is 2.42. The highest BCUT2D eigenvalue weighted by molar-refractivity contribution is 6.09. The van der Waals surface area contributed by atoms with E-state index < -0.39 is 0 Å². The van der Waals surface area contributed by atoms with E-state index in [0.29, 0.717) is 0 Å². The summed E-state index contributed by atoms with van der Waals surface area (Å²) in [7, 11) is 0. The van der Waals surface area contributed by atoms with Crippen LogP contribution in [0.3, 0.4) is 0 Å². The number of nitrogens with zero attached hydrogens (tertiary/aromatic N) is 1. The summed E-state index contributed by atoms with van der Waals surface area (Å²) in [5.41, 5.74) is 9.38. The molecule has 0 aliphatic heterocycles. The fourth-order valence-corrected chi connectivity index (χ4v) is 5.06. The van der Waals surface area contributed by atoms with E-state index in [1.807, 2.05) is 0 Å². The van der Waals surface area contributed by atoms with Gasteiger partial charge in [0, 0.05) is 16.5 Å². The zero-order chi connectivity index (χ0) is 20.1. The Labute approximate surface area is 177 Å². The van der Waals surface area contributed by atoms with Gasteiger partial charge in [0.1, 0.15) is 0 Å². The molecule has 0 unspecified atom stereocenters. The van der Waals surface area contributed by atoms with Crippen LogP contribution in [0.15, 0.2) is 91.0 Å². The average molecular weight is 388 g/mol. The Morgan fingerprint density at radius 1 is 0.667 bits per heavy atom. The van der Waals surface area contributed by atoms with Gasteiger partial charge in [-0.1, -0.05) is 73.2 Å². The highest BCUT2D eigenvalue weighted by atomic mass is 15.0. The number of rotatable bonds is 3. The second-order valence-electron chi connectivity index (χ2n) is 8.58. The first-order valence-electron chi connectivity index (χ1n) is 11.0. The Hall–Kier alpha value is -3.32. The van der Waals surface area contributed by atoms with E-state index in [-0.39, 0.29) is 0 Å². The summed E-state index contributed by atoms with van der Waals surface area (Å²) >= 11 is 0. The van der Waals surface area contributed by atoms with Gasteiger partial charge in [-0.3, -0.25) is 0 Å². The first-order valence-corrected chi connectivity index (χ1v) is 11.0. The predicted molar refractivity (Wildman–Crippen MR) is 128 cm³/mol. The lowest BCUT2D eigenvalue weighted by molar-refractivity contribution is 0.420. The molecule has 1 heteroatoms. The number of aromatic nitrogens is 1. The fourth-order valence-electron chi connectivity index (χ4n) is 5.06. The van der Waals surface area contributed by atoms with Crippen molar-refractivity contribution in [3.8, 4) is 16.8 Å². The molecule has 1 heterocycles. The Kier molecular flexibility index (Phi) is 4.02. The summed E-state index contributed by atoms with van der Waals surface area (Å²) in [6, 6.07) is 33.4. The number of hydrogen-bond donors (Lipinski definition) is 0. The minimum atomic E-state index is 0.720. The van der Waals surface area contributed by atoms with Gasteiger partial charge in [0.25, 0.3) is 0 Å². The third kappa shape index (κ3) is 2.62. The third-order valence-corrected chi connectivity index (χ3v) is 6.86. The molecule has 0 amide bonds. The summed E-state index contributed by atoms with van der Waals surface area (Å²) in [6.45, 7) is 2.24. The van der Waals surface area contributed by atoms with Gasteiger partial charge in [0.2, 0.25) is 0 Å². The van der Waals surface area contributed by atoms with E-state index in [0.717, 1.165) is 5.92 Å². The molecule has 0 atom stereocenters. The van der Waals surface area contributed by atoms with Gasteiger partial charge in [-0.05, 0) is 72.2 Å². The van der Waals surface area contributed by atoms with Crippen LogP contribution < -0.4 is 0 Å². The molecular formula is C29H25N. The SMILES string of the molecule is Cc1ccc(-n2c3ccccc3c3ccccc32)cc1-c1ccccc1C1CCC1. The van der Waals surface area contributed by atoms with E-state index in [1.165, 1.54) is 69.0 Å². The molecule has 0 N–H and O–H groups in total. The molecule has 1 fully saturated rings. The summed E-state index contributed by atoms with van der Waals surface area (Å²) < 4.78 is 2.42. The van der Waals surface area contributed by atoms with E-state index in [4.69, 9.17) is 0 Å². The van der Waals surface area contributed by atoms with Crippen LogP contribution in [0, 0.1) is 6.92 Å². The second kappa shape index (κ2) is 6.88. The number of para-hydroxylation sites is 2. The monoisotopic (exact) mass is 387 g/mol. The third-order valence-electron chi connectivity index (χ3n) is 6.86. The van der Waals surface area contributed by atoms with Gasteiger partial charge in [-0.2, -0.15) is 0 Å². The molecule has 30 heavy (non-hydrogen) atoms. The molecule has 0 bridgehead atoms. The molecule has 0 radical (unpaired) electrons. The highest BCUT2D eigenvalue weighted by Crippen LogP contribution is 2.42. The molecule has 1 saturated carbocycles. The molecule has 1 aromatic heterocycles. The first kappa shape index (κ1) is 17.5. The number of benzene rings is 4. The largest absolute Gasteiger partial charge is 0.309 e. The molecule has 5 aromatic rings. The molecule has 0 saturated heterocycles. The van der Waals surface area contributed by atoms with Crippen LogP contribution in [-0.4, -0.2) is 4.57 Å². The minimum absolute atomic E-state index is 0.720. The maximum absolute atomic E-state index is 2.42. The Morgan fingerprint density at radius 2 is 1.30 bits per heavy atom. The van der Waals surface area contributed by atoms with Crippen molar-refractivity contribution in [1.82, 2.24) is 4.57 Å². The molecule has 1 nitrogen and oxygen atoms in total. The van der Waals surface area contributed by atoms with Crippen LogP contribution in [0.25, 0.3) is 38.6 Å². The summed E-state index contributed by atoms with van der Waals surface area (Å²) in [6.07, 6.45) is 4.00. The van der Waals surface area contributed by atoms with Gasteiger partial charge < -0.3 is 4.57 Å². The summed E-state index contributed by atoms with van der Waals surface area (Å²) in [5.74, 6) is 0.720. The number of hydrogen-bond acceptors (Lipinski definition) is 0. The number of aryl methyl sites for hydroxylation is 1. The molecule has 6 rings (SSSR count). The molecule has 146 valence electrons. The summed E-state index contributed by atoms with van der Waals surface area (Å²) in [5, 5.41) is 2.62. The smallest absolute Gasteiger partial charge is 0.0541 e. The van der Waals surface area contributed by atoms with Crippen LogP contribution in [0.2, 0.25) is 0 Å². The van der Waals surface area contributed by atoms with Crippen molar-refractivity contribution in [2.45, 2.75) is 32.1 Å². The van der Waals surface area contributed by atoms with Crippen molar-refractivity contribution in [2.75, 3.05) is 0 Å². The first-order chi connectivity index (χ1) is 14.8. The van der Waals surface area contributed by atoms with Crippen LogP contribution in [0.5, 0.6) is 0 Å². The molecule has 4 aromatic carbocycles. The average Bonchev–Trinajstić information content (AvgIpc) is 3.08. The van der Waals surface area contributed by atoms with E-state index in [1.54, 1.807) is 0 Å². The van der Waals surface area contributed by atoms with Crippen molar-refractivity contribution < 1.29 is 0 Å². The minimum Gasteiger partial charge on any atom is -0.309 e. The van der Waals surface area contributed by atoms with E-state index in [9.17, 15) is 0 Å². The maximum Gasteiger partial charge on any atom is 0.0541 e. The van der Waals surface area contributed by atoms with Crippen molar-refractivity contribution in [3.63, 3.8) is 0 Å². The van der Waals surface area contributed by atoms with Crippen molar-refractivity contribution in [1.29, 1.82) is 0 Å². The topological polar surface area (TPSA) is 4.93 Å². The normalized spacial score (nSPS) is 14.3. The fraction of sp³-hybridized carbons (Fsp3) is 0.172. The molecular weight excluding hydrogens is 362 g/mol. The summed E-state index contributed by atoms with van der Waals surface area (Å²) in [4.78, 5) is 0.